The van der Waals surface area contributed by atoms with Gasteiger partial charge in [-0.05, 0) is 78.5 Å². The van der Waals surface area contributed by atoms with Crippen molar-refractivity contribution in [3.05, 3.63) is 57.4 Å². The molecule has 0 radical (unpaired) electrons. The van der Waals surface area contributed by atoms with Crippen molar-refractivity contribution in [2.45, 2.75) is 81.9 Å². The van der Waals surface area contributed by atoms with Crippen LogP contribution in [0, 0.1) is 9.62 Å². The molecule has 1 fully saturated rings. The molecule has 1 aromatic carbocycles. The number of ketones is 1. The Bertz CT molecular complexity index is 1440. The van der Waals surface area contributed by atoms with Gasteiger partial charge in [0.25, 0.3) is 5.91 Å². The number of Topliss-reactive ketones (excluding diaryl/α,β-unsaturated/α-hetero) is 1. The highest BCUT2D eigenvalue weighted by molar-refractivity contribution is 14.1. The molecular formula is C32H40Cl3IN4O6. The second-order valence-corrected chi connectivity index (χ2v) is 15.2. The van der Waals surface area contributed by atoms with Crippen LogP contribution in [0.2, 0.25) is 0 Å². The number of aryl methyl sites for hydroxylation is 1. The third-order valence-corrected chi connectivity index (χ3v) is 8.70. The highest BCUT2D eigenvalue weighted by atomic mass is 127. The zero-order valence-corrected chi connectivity index (χ0v) is 30.6. The fourth-order valence-corrected chi connectivity index (χ4v) is 5.77. The average molecular weight is 810 g/mol. The summed E-state index contributed by atoms with van der Waals surface area (Å²) in [4.78, 5) is 51.5. The van der Waals surface area contributed by atoms with Gasteiger partial charge in [-0.2, -0.15) is 0 Å². The summed E-state index contributed by atoms with van der Waals surface area (Å²) in [6.45, 7) is 7.38. The van der Waals surface area contributed by atoms with Crippen LogP contribution in [0.5, 0.6) is 0 Å². The summed E-state index contributed by atoms with van der Waals surface area (Å²) in [5.41, 5.74) is 6.06. The molecule has 3 N–H and O–H groups in total. The standard InChI is InChI=1S/C32H40Cl3IN4O6/c1-19(2)26(29(43)37-20(3)30(44)40-13-6-9-27(38-40)31(45)46-18-32(33,34)35)11-10-25(42)12-14-39-17-24(16-28(39)36)23-8-5-7-22(15-23)21(4)41/h5,7-8,11,15-17,19-21,27,38,41H,6,9-10,12-14,18H2,1-4H3,(H,37,43)/b26-11+/t20?,21-,27?/m1/s1. The van der Waals surface area contributed by atoms with Gasteiger partial charge in [-0.15, -0.1) is 0 Å². The number of rotatable bonds is 13. The number of aliphatic hydroxyl groups excluding tert-OH is 1. The summed E-state index contributed by atoms with van der Waals surface area (Å²) in [5.74, 6) is -1.73. The van der Waals surface area contributed by atoms with E-state index >= 15 is 0 Å². The zero-order chi connectivity index (χ0) is 34.2. The minimum Gasteiger partial charge on any atom is -0.460 e. The molecule has 1 aliphatic heterocycles. The number of ether oxygens (including phenoxy) is 1. The van der Waals surface area contributed by atoms with Gasteiger partial charge in [-0.1, -0.05) is 72.9 Å². The first kappa shape index (κ1) is 38.3. The lowest BCUT2D eigenvalue weighted by Crippen LogP contribution is -2.59. The number of benzene rings is 1. The molecule has 2 aromatic rings. The monoisotopic (exact) mass is 808 g/mol. The first-order valence-corrected chi connectivity index (χ1v) is 17.2. The third-order valence-electron chi connectivity index (χ3n) is 7.44. The van der Waals surface area contributed by atoms with E-state index in [1.165, 1.54) is 5.01 Å². The molecule has 0 aliphatic carbocycles. The van der Waals surface area contributed by atoms with Gasteiger partial charge in [-0.3, -0.25) is 24.2 Å². The largest absolute Gasteiger partial charge is 0.460 e. The molecule has 10 nitrogen and oxygen atoms in total. The Kier molecular flexibility index (Phi) is 14.4. The number of hydrogen-bond donors (Lipinski definition) is 3. The van der Waals surface area contributed by atoms with Crippen LogP contribution >= 0.6 is 57.4 Å². The number of esters is 1. The number of halogens is 4. The first-order valence-electron chi connectivity index (χ1n) is 15.0. The summed E-state index contributed by atoms with van der Waals surface area (Å²) < 4.78 is 6.28. The van der Waals surface area contributed by atoms with E-state index in [0.29, 0.717) is 31.5 Å². The van der Waals surface area contributed by atoms with Crippen LogP contribution in [0.15, 0.2) is 48.2 Å². The van der Waals surface area contributed by atoms with Crippen molar-refractivity contribution in [1.82, 2.24) is 20.3 Å². The van der Waals surface area contributed by atoms with Gasteiger partial charge in [0.2, 0.25) is 9.70 Å². The van der Waals surface area contributed by atoms with Crippen LogP contribution in [0.3, 0.4) is 0 Å². The number of hydrazine groups is 1. The van der Waals surface area contributed by atoms with Crippen LogP contribution in [-0.4, -0.2) is 67.3 Å². The van der Waals surface area contributed by atoms with Gasteiger partial charge < -0.3 is 19.7 Å². The van der Waals surface area contributed by atoms with Crippen molar-refractivity contribution in [1.29, 1.82) is 0 Å². The summed E-state index contributed by atoms with van der Waals surface area (Å²) in [7, 11) is 0. The minimum absolute atomic E-state index is 0.0255. The van der Waals surface area contributed by atoms with Crippen LogP contribution in [0.4, 0.5) is 0 Å². The summed E-state index contributed by atoms with van der Waals surface area (Å²) in [6.07, 6.45) is 4.38. The van der Waals surface area contributed by atoms with Gasteiger partial charge in [0.1, 0.15) is 24.5 Å². The smallest absolute Gasteiger partial charge is 0.325 e. The molecule has 46 heavy (non-hydrogen) atoms. The maximum Gasteiger partial charge on any atom is 0.325 e. The summed E-state index contributed by atoms with van der Waals surface area (Å²) in [5, 5.41) is 13.9. The molecule has 0 spiro atoms. The van der Waals surface area contributed by atoms with Crippen LogP contribution in [0.1, 0.15) is 65.0 Å². The number of aromatic nitrogens is 1. The van der Waals surface area contributed by atoms with Crippen LogP contribution < -0.4 is 10.7 Å². The quantitative estimate of drug-likeness (QED) is 0.103. The summed E-state index contributed by atoms with van der Waals surface area (Å²) >= 11 is 19.2. The Balaban J connectivity index is 1.54. The molecule has 0 saturated carbocycles. The van der Waals surface area contributed by atoms with Gasteiger partial charge in [0, 0.05) is 43.3 Å². The van der Waals surface area contributed by atoms with E-state index in [0.717, 1.165) is 20.4 Å². The molecule has 2 unspecified atom stereocenters. The topological polar surface area (TPSA) is 130 Å². The second-order valence-electron chi connectivity index (χ2n) is 11.6. The molecule has 252 valence electrons. The maximum absolute atomic E-state index is 13.2. The molecule has 14 heteroatoms. The number of allylic oxidation sites excluding steroid dienone is 1. The summed E-state index contributed by atoms with van der Waals surface area (Å²) in [6, 6.07) is 8.06. The number of aliphatic hydroxyl groups is 1. The highest BCUT2D eigenvalue weighted by Gasteiger charge is 2.33. The Hall–Kier alpha value is -2.16. The molecule has 2 amide bonds. The number of carbonyl (C=O) groups excluding carboxylic acids is 4. The lowest BCUT2D eigenvalue weighted by molar-refractivity contribution is -0.152. The zero-order valence-electron chi connectivity index (χ0n) is 26.2. The van der Waals surface area contributed by atoms with Gasteiger partial charge >= 0.3 is 5.97 Å². The predicted octanol–water partition coefficient (Wildman–Crippen LogP) is 5.66. The SMILES string of the molecule is CC(NC(=O)/C(=C/CC(=O)CCn1cc(-c2cccc([C@@H](C)O)c2)cc1I)C(C)C)C(=O)N1CCCC(C(=O)OCC(Cl)(Cl)Cl)N1. The minimum atomic E-state index is -1.75. The third kappa shape index (κ3) is 11.5. The van der Waals surface area contributed by atoms with Crippen molar-refractivity contribution < 1.29 is 29.0 Å². The molecule has 3 rings (SSSR count). The van der Waals surface area contributed by atoms with Gasteiger partial charge in [0.05, 0.1) is 9.80 Å². The van der Waals surface area contributed by atoms with E-state index in [9.17, 15) is 24.3 Å². The predicted molar refractivity (Wildman–Crippen MR) is 187 cm³/mol. The Labute approximate surface area is 298 Å². The maximum atomic E-state index is 13.2. The van der Waals surface area contributed by atoms with E-state index in [4.69, 9.17) is 39.5 Å². The van der Waals surface area contributed by atoms with Crippen molar-refractivity contribution in [3.8, 4) is 11.1 Å². The number of amides is 2. The number of alkyl halides is 3. The first-order chi connectivity index (χ1) is 21.6. The Morgan fingerprint density at radius 2 is 1.87 bits per heavy atom. The molecule has 1 aromatic heterocycles. The van der Waals surface area contributed by atoms with E-state index < -0.39 is 46.4 Å². The normalized spacial score (nSPS) is 17.0. The number of nitrogens with one attached hydrogen (secondary N) is 2. The van der Waals surface area contributed by atoms with Crippen molar-refractivity contribution in [2.24, 2.45) is 5.92 Å². The van der Waals surface area contributed by atoms with Crippen molar-refractivity contribution in [2.75, 3.05) is 13.2 Å². The van der Waals surface area contributed by atoms with Crippen molar-refractivity contribution >= 4 is 81.0 Å². The average Bonchev–Trinajstić information content (AvgIpc) is 3.38. The number of hydrogen-bond acceptors (Lipinski definition) is 7. The van der Waals surface area contributed by atoms with Crippen LogP contribution in [0.25, 0.3) is 11.1 Å². The Morgan fingerprint density at radius 3 is 2.52 bits per heavy atom. The number of nitrogens with zero attached hydrogens (tertiary/aromatic N) is 2. The Morgan fingerprint density at radius 1 is 1.15 bits per heavy atom. The fourth-order valence-electron chi connectivity index (χ4n) is 4.89. The van der Waals surface area contributed by atoms with Gasteiger partial charge in [-0.25, -0.2) is 5.43 Å². The highest BCUT2D eigenvalue weighted by Crippen LogP contribution is 2.27. The molecule has 3 atom stereocenters. The number of carbonyl (C=O) groups is 4. The molecule has 1 aliphatic rings. The van der Waals surface area contributed by atoms with E-state index in [-0.39, 0.29) is 24.5 Å². The van der Waals surface area contributed by atoms with Crippen molar-refractivity contribution in [3.63, 3.8) is 0 Å². The van der Waals surface area contributed by atoms with E-state index in [1.807, 2.05) is 54.9 Å². The second kappa shape index (κ2) is 17.3. The van der Waals surface area contributed by atoms with E-state index in [1.54, 1.807) is 19.9 Å². The molecule has 2 heterocycles. The van der Waals surface area contributed by atoms with Crippen LogP contribution in [-0.2, 0) is 30.5 Å². The van der Waals surface area contributed by atoms with E-state index in [2.05, 4.69) is 33.3 Å². The molecule has 0 bridgehead atoms. The fraction of sp³-hybridized carbons (Fsp3) is 0.500. The lowest BCUT2D eigenvalue weighted by Gasteiger charge is -2.34. The van der Waals surface area contributed by atoms with Gasteiger partial charge in [0.15, 0.2) is 0 Å². The molecule has 1 saturated heterocycles. The lowest BCUT2D eigenvalue weighted by atomic mass is 9.99. The molecular weight excluding hydrogens is 770 g/mol.